The predicted octanol–water partition coefficient (Wildman–Crippen LogP) is 3.54. The highest BCUT2D eigenvalue weighted by Crippen LogP contribution is 2.25. The average molecular weight is 227 g/mol. The van der Waals surface area contributed by atoms with Gasteiger partial charge in [-0.15, -0.1) is 11.3 Å². The second-order valence-corrected chi connectivity index (χ2v) is 4.94. The molecule has 0 bridgehead atoms. The number of nitrogens with zero attached hydrogens (tertiary/aromatic N) is 2. The third-order valence-corrected chi connectivity index (χ3v) is 3.20. The van der Waals surface area contributed by atoms with E-state index in [0.717, 1.165) is 22.5 Å². The first-order chi connectivity index (χ1) is 6.66. The van der Waals surface area contributed by atoms with E-state index < -0.39 is 0 Å². The summed E-state index contributed by atoms with van der Waals surface area (Å²) in [5.74, 6) is 1.40. The minimum atomic E-state index is 0.558. The van der Waals surface area contributed by atoms with Gasteiger partial charge in [-0.3, -0.25) is 0 Å². The number of halogens is 1. The second-order valence-electron chi connectivity index (χ2n) is 3.66. The van der Waals surface area contributed by atoms with Crippen LogP contribution in [0, 0.1) is 5.92 Å². The maximum absolute atomic E-state index is 6.05. The van der Waals surface area contributed by atoms with Gasteiger partial charge in [0.2, 0.25) is 0 Å². The van der Waals surface area contributed by atoms with Gasteiger partial charge in [-0.2, -0.15) is 0 Å². The highest BCUT2D eigenvalue weighted by atomic mass is 35.5. The van der Waals surface area contributed by atoms with Crippen LogP contribution in [-0.4, -0.2) is 9.97 Å². The Labute approximate surface area is 92.0 Å². The van der Waals surface area contributed by atoms with Crippen LogP contribution in [0.5, 0.6) is 0 Å². The van der Waals surface area contributed by atoms with Crippen molar-refractivity contribution < 1.29 is 0 Å². The molecule has 0 saturated carbocycles. The second kappa shape index (κ2) is 3.83. The van der Waals surface area contributed by atoms with Gasteiger partial charge in [-0.05, 0) is 17.4 Å². The van der Waals surface area contributed by atoms with Crippen molar-refractivity contribution in [1.29, 1.82) is 0 Å². The minimum absolute atomic E-state index is 0.558. The monoisotopic (exact) mass is 226 g/mol. The number of rotatable bonds is 2. The Balaban J connectivity index is 2.47. The first-order valence-electron chi connectivity index (χ1n) is 4.56. The minimum Gasteiger partial charge on any atom is -0.232 e. The van der Waals surface area contributed by atoms with Gasteiger partial charge in [-0.25, -0.2) is 9.97 Å². The molecule has 0 saturated heterocycles. The molecular weight excluding hydrogens is 216 g/mol. The summed E-state index contributed by atoms with van der Waals surface area (Å²) in [5, 5.41) is 2.57. The molecular formula is C10H11ClN2S. The Hall–Kier alpha value is -0.670. The maximum atomic E-state index is 6.05. The van der Waals surface area contributed by atoms with E-state index in [1.807, 2.05) is 11.4 Å². The number of hydrogen-bond donors (Lipinski definition) is 0. The van der Waals surface area contributed by atoms with Gasteiger partial charge in [-0.1, -0.05) is 25.4 Å². The van der Waals surface area contributed by atoms with Gasteiger partial charge in [0.1, 0.15) is 5.82 Å². The fourth-order valence-electron chi connectivity index (χ4n) is 1.33. The quantitative estimate of drug-likeness (QED) is 0.732. The van der Waals surface area contributed by atoms with Gasteiger partial charge in [0.05, 0.1) is 10.2 Å². The lowest BCUT2D eigenvalue weighted by Gasteiger charge is -2.03. The Morgan fingerprint density at radius 2 is 2.21 bits per heavy atom. The summed E-state index contributed by atoms with van der Waals surface area (Å²) in [4.78, 5) is 8.73. The molecule has 74 valence electrons. The molecule has 0 amide bonds. The van der Waals surface area contributed by atoms with E-state index in [-0.39, 0.29) is 0 Å². The van der Waals surface area contributed by atoms with Crippen molar-refractivity contribution in [3.05, 3.63) is 22.4 Å². The molecule has 0 N–H and O–H groups in total. The van der Waals surface area contributed by atoms with Crippen molar-refractivity contribution in [2.75, 3.05) is 0 Å². The summed E-state index contributed by atoms with van der Waals surface area (Å²) >= 11 is 7.63. The largest absolute Gasteiger partial charge is 0.232 e. The maximum Gasteiger partial charge on any atom is 0.150 e. The fourth-order valence-corrected chi connectivity index (χ4v) is 2.37. The van der Waals surface area contributed by atoms with Gasteiger partial charge in [0.25, 0.3) is 0 Å². The molecule has 2 rings (SSSR count). The van der Waals surface area contributed by atoms with Crippen molar-refractivity contribution >= 4 is 33.2 Å². The third-order valence-electron chi connectivity index (χ3n) is 1.90. The lowest BCUT2D eigenvalue weighted by molar-refractivity contribution is 0.623. The fraction of sp³-hybridized carbons (Fsp3) is 0.400. The summed E-state index contributed by atoms with van der Waals surface area (Å²) in [6.45, 7) is 4.30. The van der Waals surface area contributed by atoms with Gasteiger partial charge in [0.15, 0.2) is 5.15 Å². The Morgan fingerprint density at radius 3 is 2.93 bits per heavy atom. The zero-order valence-corrected chi connectivity index (χ0v) is 9.69. The molecule has 4 heteroatoms. The van der Waals surface area contributed by atoms with E-state index in [1.54, 1.807) is 11.3 Å². The molecule has 0 atom stereocenters. The Bertz CT molecular complexity index is 450. The highest BCUT2D eigenvalue weighted by molar-refractivity contribution is 7.17. The van der Waals surface area contributed by atoms with E-state index in [0.29, 0.717) is 11.1 Å². The van der Waals surface area contributed by atoms with Crippen LogP contribution in [-0.2, 0) is 6.42 Å². The van der Waals surface area contributed by atoms with Crippen LogP contribution >= 0.6 is 22.9 Å². The highest BCUT2D eigenvalue weighted by Gasteiger charge is 2.07. The van der Waals surface area contributed by atoms with Gasteiger partial charge in [0, 0.05) is 6.42 Å². The van der Waals surface area contributed by atoms with Crippen LogP contribution in [0.3, 0.4) is 0 Å². The van der Waals surface area contributed by atoms with Crippen LogP contribution in [0.2, 0.25) is 5.15 Å². The van der Waals surface area contributed by atoms with Crippen molar-refractivity contribution in [2.24, 2.45) is 5.92 Å². The average Bonchev–Trinajstić information content (AvgIpc) is 2.50. The summed E-state index contributed by atoms with van der Waals surface area (Å²) < 4.78 is 0.985. The number of hydrogen-bond acceptors (Lipinski definition) is 3. The van der Waals surface area contributed by atoms with E-state index in [4.69, 9.17) is 11.6 Å². The molecule has 14 heavy (non-hydrogen) atoms. The molecule has 0 fully saturated rings. The lowest BCUT2D eigenvalue weighted by atomic mass is 10.1. The first-order valence-corrected chi connectivity index (χ1v) is 5.82. The van der Waals surface area contributed by atoms with E-state index in [2.05, 4.69) is 23.8 Å². The zero-order valence-electron chi connectivity index (χ0n) is 8.12. The van der Waals surface area contributed by atoms with Crippen molar-refractivity contribution in [2.45, 2.75) is 20.3 Å². The van der Waals surface area contributed by atoms with E-state index in [9.17, 15) is 0 Å². The molecule has 0 aromatic carbocycles. The molecule has 2 heterocycles. The van der Waals surface area contributed by atoms with Gasteiger partial charge >= 0.3 is 0 Å². The topological polar surface area (TPSA) is 25.8 Å². The normalized spacial score (nSPS) is 11.4. The molecule has 2 aromatic heterocycles. The Kier molecular flexibility index (Phi) is 2.70. The number of fused-ring (bicyclic) bond motifs is 1. The molecule has 0 aliphatic carbocycles. The molecule has 0 spiro atoms. The summed E-state index contributed by atoms with van der Waals surface area (Å²) in [5.41, 5.74) is 0.964. The molecule has 0 unspecified atom stereocenters. The van der Waals surface area contributed by atoms with Crippen LogP contribution in [0.25, 0.3) is 10.2 Å². The lowest BCUT2D eigenvalue weighted by Crippen LogP contribution is -2.00. The summed E-state index contributed by atoms with van der Waals surface area (Å²) in [6.07, 6.45) is 0.880. The van der Waals surface area contributed by atoms with Crippen LogP contribution < -0.4 is 0 Å². The van der Waals surface area contributed by atoms with E-state index >= 15 is 0 Å². The van der Waals surface area contributed by atoms with Crippen molar-refractivity contribution in [3.63, 3.8) is 0 Å². The molecule has 2 aromatic rings. The predicted molar refractivity (Wildman–Crippen MR) is 61.0 cm³/mol. The SMILES string of the molecule is CC(C)Cc1nc(Cl)c2sccc2n1. The number of aromatic nitrogens is 2. The summed E-state index contributed by atoms with van der Waals surface area (Å²) in [6, 6.07) is 1.98. The molecule has 0 aliphatic rings. The molecule has 0 radical (unpaired) electrons. The molecule has 2 nitrogen and oxygen atoms in total. The van der Waals surface area contributed by atoms with Crippen LogP contribution in [0.4, 0.5) is 0 Å². The smallest absolute Gasteiger partial charge is 0.150 e. The van der Waals surface area contributed by atoms with Crippen LogP contribution in [0.1, 0.15) is 19.7 Å². The van der Waals surface area contributed by atoms with Crippen molar-refractivity contribution in [3.8, 4) is 0 Å². The van der Waals surface area contributed by atoms with Gasteiger partial charge < -0.3 is 0 Å². The summed E-state index contributed by atoms with van der Waals surface area (Å²) in [7, 11) is 0. The Morgan fingerprint density at radius 1 is 1.43 bits per heavy atom. The number of thiophene rings is 1. The first kappa shape index (κ1) is 9.87. The van der Waals surface area contributed by atoms with E-state index in [1.165, 1.54) is 0 Å². The third kappa shape index (κ3) is 1.88. The zero-order chi connectivity index (χ0) is 10.1. The van der Waals surface area contributed by atoms with Crippen molar-refractivity contribution in [1.82, 2.24) is 9.97 Å². The standard InChI is InChI=1S/C10H11ClN2S/c1-6(2)5-8-12-7-3-4-14-9(7)10(11)13-8/h3-4,6H,5H2,1-2H3. The van der Waals surface area contributed by atoms with Crippen LogP contribution in [0.15, 0.2) is 11.4 Å². The molecule has 0 aliphatic heterocycles.